The number of nitro benzene ring substituents is 1. The van der Waals surface area contributed by atoms with Crippen LogP contribution in [0.1, 0.15) is 5.56 Å². The number of nitrogens with one attached hydrogen (secondary N) is 1. The van der Waals surface area contributed by atoms with E-state index in [9.17, 15) is 14.9 Å². The number of nitro groups is 1. The fourth-order valence-corrected chi connectivity index (χ4v) is 2.35. The molecule has 0 saturated carbocycles. The monoisotopic (exact) mass is 380 g/mol. The average Bonchev–Trinajstić information content (AvgIpc) is 2.69. The van der Waals surface area contributed by atoms with Crippen LogP contribution < -0.4 is 5.32 Å². The number of non-ortho nitro benzene ring substituents is 1. The van der Waals surface area contributed by atoms with Crippen molar-refractivity contribution in [2.24, 2.45) is 0 Å². The summed E-state index contributed by atoms with van der Waals surface area (Å²) in [5, 5.41) is 14.1. The zero-order valence-electron chi connectivity index (χ0n) is 13.9. The molecule has 2 aromatic carbocycles. The molecule has 134 valence electrons. The van der Waals surface area contributed by atoms with E-state index in [2.05, 4.69) is 15.3 Å². The third-order valence-corrected chi connectivity index (χ3v) is 3.78. The first kappa shape index (κ1) is 18.2. The fourth-order valence-electron chi connectivity index (χ4n) is 2.22. The van der Waals surface area contributed by atoms with Crippen molar-refractivity contribution in [1.82, 2.24) is 9.97 Å². The van der Waals surface area contributed by atoms with E-state index in [1.165, 1.54) is 30.6 Å². The second-order valence-corrected chi connectivity index (χ2v) is 5.91. The van der Waals surface area contributed by atoms with Crippen LogP contribution >= 0.6 is 11.6 Å². The van der Waals surface area contributed by atoms with Gasteiger partial charge in [-0.25, -0.2) is 9.97 Å². The van der Waals surface area contributed by atoms with Crippen molar-refractivity contribution in [3.63, 3.8) is 0 Å². The van der Waals surface area contributed by atoms with E-state index in [0.29, 0.717) is 27.7 Å². The Bertz CT molecular complexity index is 1000. The van der Waals surface area contributed by atoms with Gasteiger partial charge in [-0.3, -0.25) is 14.9 Å². The van der Waals surface area contributed by atoms with Crippen LogP contribution in [0, 0.1) is 10.1 Å². The summed E-state index contributed by atoms with van der Waals surface area (Å²) >= 11 is 5.80. The zero-order chi connectivity index (χ0) is 19.2. The lowest BCUT2D eigenvalue weighted by molar-refractivity contribution is -0.384. The number of rotatable bonds is 5. The van der Waals surface area contributed by atoms with Crippen molar-refractivity contribution in [1.29, 1.82) is 0 Å². The summed E-state index contributed by atoms with van der Waals surface area (Å²) in [5.41, 5.74) is 1.76. The summed E-state index contributed by atoms with van der Waals surface area (Å²) in [7, 11) is 0. The molecule has 1 amide bonds. The molecule has 0 aliphatic carbocycles. The minimum Gasteiger partial charge on any atom is -0.323 e. The largest absolute Gasteiger partial charge is 0.323 e. The highest BCUT2D eigenvalue weighted by atomic mass is 35.5. The van der Waals surface area contributed by atoms with Crippen LogP contribution in [0.15, 0.2) is 67.0 Å². The molecule has 7 nitrogen and oxygen atoms in total. The van der Waals surface area contributed by atoms with Gasteiger partial charge in [0.25, 0.3) is 5.69 Å². The standard InChI is InChI=1S/C19H13ClN4O3/c20-15-5-7-16(8-6-15)23-18(25)9-4-13-11-21-19(22-12-13)14-2-1-3-17(10-14)24(26)27/h1-12H,(H,23,25)/b9-4+. The number of halogens is 1. The Kier molecular flexibility index (Phi) is 5.53. The number of aromatic nitrogens is 2. The summed E-state index contributed by atoms with van der Waals surface area (Å²) in [5.74, 6) is 0.0570. The van der Waals surface area contributed by atoms with E-state index in [1.54, 1.807) is 42.5 Å². The van der Waals surface area contributed by atoms with Crippen molar-refractivity contribution in [3.05, 3.63) is 87.7 Å². The topological polar surface area (TPSA) is 98.0 Å². The molecule has 0 bridgehead atoms. The van der Waals surface area contributed by atoms with Gasteiger partial charge < -0.3 is 5.32 Å². The highest BCUT2D eigenvalue weighted by molar-refractivity contribution is 6.30. The second-order valence-electron chi connectivity index (χ2n) is 5.48. The van der Waals surface area contributed by atoms with Gasteiger partial charge in [0.05, 0.1) is 4.92 Å². The first-order chi connectivity index (χ1) is 13.0. The highest BCUT2D eigenvalue weighted by Crippen LogP contribution is 2.20. The minimum atomic E-state index is -0.472. The van der Waals surface area contributed by atoms with Crippen LogP contribution in [0.25, 0.3) is 17.5 Å². The first-order valence-electron chi connectivity index (χ1n) is 7.83. The van der Waals surface area contributed by atoms with E-state index < -0.39 is 4.92 Å². The molecule has 0 saturated heterocycles. The van der Waals surface area contributed by atoms with E-state index in [4.69, 9.17) is 11.6 Å². The molecule has 1 heterocycles. The predicted octanol–water partition coefficient (Wildman–Crippen LogP) is 4.36. The van der Waals surface area contributed by atoms with Crippen LogP contribution in [0.4, 0.5) is 11.4 Å². The summed E-state index contributed by atoms with van der Waals surface area (Å²) < 4.78 is 0. The number of carbonyl (C=O) groups is 1. The molecule has 0 spiro atoms. The van der Waals surface area contributed by atoms with Crippen LogP contribution in [0.5, 0.6) is 0 Å². The maximum Gasteiger partial charge on any atom is 0.270 e. The van der Waals surface area contributed by atoms with Gasteiger partial charge in [-0.1, -0.05) is 23.7 Å². The van der Waals surface area contributed by atoms with E-state index in [1.807, 2.05) is 0 Å². The maximum atomic E-state index is 11.9. The number of benzene rings is 2. The summed E-state index contributed by atoms with van der Waals surface area (Å²) in [6.07, 6.45) is 6.00. The quantitative estimate of drug-likeness (QED) is 0.403. The van der Waals surface area contributed by atoms with Gasteiger partial charge in [-0.2, -0.15) is 0 Å². The first-order valence-corrected chi connectivity index (χ1v) is 8.20. The van der Waals surface area contributed by atoms with Crippen molar-refractivity contribution < 1.29 is 9.72 Å². The molecule has 0 fully saturated rings. The van der Waals surface area contributed by atoms with Crippen LogP contribution in [0.3, 0.4) is 0 Å². The molecule has 0 aliphatic heterocycles. The Labute approximate surface area is 159 Å². The number of hydrogen-bond donors (Lipinski definition) is 1. The number of nitrogens with zero attached hydrogens (tertiary/aromatic N) is 3. The van der Waals surface area contributed by atoms with E-state index in [-0.39, 0.29) is 11.6 Å². The van der Waals surface area contributed by atoms with Crippen molar-refractivity contribution in [2.45, 2.75) is 0 Å². The molecule has 1 aromatic heterocycles. The third kappa shape index (κ3) is 4.96. The van der Waals surface area contributed by atoms with Gasteiger partial charge in [-0.05, 0) is 30.3 Å². The molecule has 3 rings (SSSR count). The summed E-state index contributed by atoms with van der Waals surface area (Å²) in [6.45, 7) is 0. The lowest BCUT2D eigenvalue weighted by Gasteiger charge is -2.02. The smallest absolute Gasteiger partial charge is 0.270 e. The second kappa shape index (κ2) is 8.20. The van der Waals surface area contributed by atoms with Gasteiger partial charge in [-0.15, -0.1) is 0 Å². The van der Waals surface area contributed by atoms with Crippen molar-refractivity contribution in [2.75, 3.05) is 5.32 Å². The Morgan fingerprint density at radius 2 is 1.81 bits per heavy atom. The molecular weight excluding hydrogens is 368 g/mol. The van der Waals surface area contributed by atoms with Gasteiger partial charge in [0, 0.05) is 52.4 Å². The lowest BCUT2D eigenvalue weighted by Crippen LogP contribution is -2.07. The number of carbonyl (C=O) groups excluding carboxylic acids is 1. The molecular formula is C19H13ClN4O3. The molecule has 0 unspecified atom stereocenters. The SMILES string of the molecule is O=C(/C=C/c1cnc(-c2cccc([N+](=O)[O-])c2)nc1)Nc1ccc(Cl)cc1. The zero-order valence-corrected chi connectivity index (χ0v) is 14.6. The molecule has 3 aromatic rings. The van der Waals surface area contributed by atoms with Crippen LogP contribution in [-0.4, -0.2) is 20.8 Å². The molecule has 0 aliphatic rings. The molecule has 27 heavy (non-hydrogen) atoms. The predicted molar refractivity (Wildman–Crippen MR) is 103 cm³/mol. The lowest BCUT2D eigenvalue weighted by atomic mass is 10.2. The van der Waals surface area contributed by atoms with Crippen LogP contribution in [-0.2, 0) is 4.79 Å². The average molecular weight is 381 g/mol. The normalized spacial score (nSPS) is 10.7. The van der Waals surface area contributed by atoms with Gasteiger partial charge in [0.2, 0.25) is 5.91 Å². The van der Waals surface area contributed by atoms with Gasteiger partial charge in [0.1, 0.15) is 0 Å². The Hall–Kier alpha value is -3.58. The van der Waals surface area contributed by atoms with Gasteiger partial charge in [0.15, 0.2) is 5.82 Å². The fraction of sp³-hybridized carbons (Fsp3) is 0. The number of amides is 1. The Morgan fingerprint density at radius 3 is 2.48 bits per heavy atom. The number of anilines is 1. The Morgan fingerprint density at radius 1 is 1.11 bits per heavy atom. The summed E-state index contributed by atoms with van der Waals surface area (Å²) in [4.78, 5) is 30.7. The maximum absolute atomic E-state index is 11.9. The molecule has 0 atom stereocenters. The third-order valence-electron chi connectivity index (χ3n) is 3.53. The van der Waals surface area contributed by atoms with Crippen LogP contribution in [0.2, 0.25) is 5.02 Å². The van der Waals surface area contributed by atoms with Crippen molar-refractivity contribution in [3.8, 4) is 11.4 Å². The van der Waals surface area contributed by atoms with Gasteiger partial charge >= 0.3 is 0 Å². The number of hydrogen-bond acceptors (Lipinski definition) is 5. The summed E-state index contributed by atoms with van der Waals surface area (Å²) in [6, 6.07) is 12.8. The van der Waals surface area contributed by atoms with E-state index >= 15 is 0 Å². The molecule has 1 N–H and O–H groups in total. The van der Waals surface area contributed by atoms with E-state index in [0.717, 1.165) is 0 Å². The highest BCUT2D eigenvalue weighted by Gasteiger charge is 2.08. The molecule has 0 radical (unpaired) electrons. The Balaban J connectivity index is 1.67. The minimum absolute atomic E-state index is 0.0288. The molecule has 8 heteroatoms. The van der Waals surface area contributed by atoms with Crippen molar-refractivity contribution >= 4 is 35.0 Å².